The fourth-order valence-corrected chi connectivity index (χ4v) is 2.25. The Morgan fingerprint density at radius 1 is 0.944 bits per heavy atom. The second-order valence-corrected chi connectivity index (χ2v) is 4.80. The zero-order valence-electron chi connectivity index (χ0n) is 10.2. The van der Waals surface area contributed by atoms with Crippen molar-refractivity contribution >= 4 is 15.9 Å². The highest BCUT2D eigenvalue weighted by atomic mass is 79.9. The van der Waals surface area contributed by atoms with E-state index in [1.807, 2.05) is 36.4 Å². The molecule has 2 nitrogen and oxygen atoms in total. The Balaban J connectivity index is 1.89. The van der Waals surface area contributed by atoms with E-state index in [-0.39, 0.29) is 0 Å². The highest BCUT2D eigenvalue weighted by Gasteiger charge is 2.01. The topological polar surface area (TPSA) is 18.5 Å². The Hall–Kier alpha value is -1.32. The first kappa shape index (κ1) is 13.1. The number of methoxy groups -OCH3 is 1. The summed E-state index contributed by atoms with van der Waals surface area (Å²) >= 11 is 3.46. The molecule has 0 heterocycles. The molecule has 2 aromatic carbocycles. The molecule has 2 aromatic rings. The molecule has 3 heteroatoms. The minimum atomic E-state index is 0.595. The molecule has 18 heavy (non-hydrogen) atoms. The number of hydrogen-bond donors (Lipinski definition) is 0. The first-order valence-electron chi connectivity index (χ1n) is 5.73. The van der Waals surface area contributed by atoms with Crippen LogP contribution in [0, 0.1) is 0 Å². The average Bonchev–Trinajstić information content (AvgIpc) is 2.40. The monoisotopic (exact) mass is 306 g/mol. The molecule has 0 aliphatic carbocycles. The van der Waals surface area contributed by atoms with Crippen LogP contribution in [0.2, 0.25) is 0 Å². The molecule has 0 aromatic heterocycles. The fraction of sp³-hybridized carbons (Fsp3) is 0.200. The van der Waals surface area contributed by atoms with Gasteiger partial charge in [-0.2, -0.15) is 0 Å². The zero-order valence-corrected chi connectivity index (χ0v) is 11.8. The first-order chi connectivity index (χ1) is 8.79. The van der Waals surface area contributed by atoms with Gasteiger partial charge in [0.1, 0.15) is 5.75 Å². The minimum absolute atomic E-state index is 0.595. The third-order valence-electron chi connectivity index (χ3n) is 2.60. The zero-order chi connectivity index (χ0) is 12.8. The van der Waals surface area contributed by atoms with Gasteiger partial charge in [0.15, 0.2) is 0 Å². The van der Waals surface area contributed by atoms with Crippen molar-refractivity contribution < 1.29 is 9.47 Å². The van der Waals surface area contributed by atoms with Gasteiger partial charge in [0.05, 0.1) is 24.8 Å². The molecule has 0 atom stereocenters. The maximum absolute atomic E-state index is 5.67. The summed E-state index contributed by atoms with van der Waals surface area (Å²) in [7, 11) is 1.66. The van der Waals surface area contributed by atoms with Crippen LogP contribution in [0.3, 0.4) is 0 Å². The van der Waals surface area contributed by atoms with Gasteiger partial charge in [0.25, 0.3) is 0 Å². The van der Waals surface area contributed by atoms with Gasteiger partial charge in [-0.3, -0.25) is 0 Å². The van der Waals surface area contributed by atoms with E-state index in [1.165, 1.54) is 5.56 Å². The van der Waals surface area contributed by atoms with Crippen molar-refractivity contribution in [1.29, 1.82) is 0 Å². The predicted octanol–water partition coefficient (Wildman–Crippen LogP) is 4.17. The molecule has 0 saturated carbocycles. The highest BCUT2D eigenvalue weighted by molar-refractivity contribution is 9.10. The van der Waals surface area contributed by atoms with Gasteiger partial charge in [0, 0.05) is 0 Å². The fourth-order valence-electron chi connectivity index (χ4n) is 1.66. The van der Waals surface area contributed by atoms with E-state index >= 15 is 0 Å². The van der Waals surface area contributed by atoms with Crippen molar-refractivity contribution in [3.8, 4) is 5.75 Å². The van der Waals surface area contributed by atoms with E-state index in [2.05, 4.69) is 28.1 Å². The highest BCUT2D eigenvalue weighted by Crippen LogP contribution is 2.25. The lowest BCUT2D eigenvalue weighted by molar-refractivity contribution is 0.107. The molecule has 94 valence electrons. The summed E-state index contributed by atoms with van der Waals surface area (Å²) in [4.78, 5) is 0. The number of ether oxygens (including phenoxy) is 2. The van der Waals surface area contributed by atoms with E-state index in [9.17, 15) is 0 Å². The third-order valence-corrected chi connectivity index (χ3v) is 3.22. The molecule has 0 spiro atoms. The molecule has 0 bridgehead atoms. The van der Waals surface area contributed by atoms with E-state index in [0.29, 0.717) is 13.2 Å². The van der Waals surface area contributed by atoms with Crippen LogP contribution in [0.5, 0.6) is 5.75 Å². The normalized spacial score (nSPS) is 10.3. The molecule has 0 saturated heterocycles. The van der Waals surface area contributed by atoms with E-state index in [0.717, 1.165) is 15.8 Å². The maximum Gasteiger partial charge on any atom is 0.133 e. The molecule has 0 fully saturated rings. The van der Waals surface area contributed by atoms with Crippen molar-refractivity contribution in [2.24, 2.45) is 0 Å². The van der Waals surface area contributed by atoms with Crippen LogP contribution in [0.25, 0.3) is 0 Å². The van der Waals surface area contributed by atoms with Crippen LogP contribution in [0.15, 0.2) is 53.0 Å². The number of rotatable bonds is 5. The summed E-state index contributed by atoms with van der Waals surface area (Å²) in [5.41, 5.74) is 2.31. The smallest absolute Gasteiger partial charge is 0.133 e. The summed E-state index contributed by atoms with van der Waals surface area (Å²) in [5.74, 6) is 0.835. The molecule has 0 unspecified atom stereocenters. The molecular weight excluding hydrogens is 292 g/mol. The van der Waals surface area contributed by atoms with Gasteiger partial charge >= 0.3 is 0 Å². The molecule has 0 radical (unpaired) electrons. The van der Waals surface area contributed by atoms with Crippen LogP contribution in [-0.4, -0.2) is 7.11 Å². The van der Waals surface area contributed by atoms with Gasteiger partial charge in [-0.15, -0.1) is 0 Å². The molecule has 0 amide bonds. The van der Waals surface area contributed by atoms with Crippen molar-refractivity contribution in [3.63, 3.8) is 0 Å². The lowest BCUT2D eigenvalue weighted by Gasteiger charge is -2.07. The third kappa shape index (κ3) is 3.59. The van der Waals surface area contributed by atoms with Crippen molar-refractivity contribution in [3.05, 3.63) is 64.1 Å². The standard InChI is InChI=1S/C15H15BrO2/c1-17-15-8-7-13(9-14(15)16)11-18-10-12-5-3-2-4-6-12/h2-9H,10-11H2,1H3. The minimum Gasteiger partial charge on any atom is -0.496 e. The van der Waals surface area contributed by atoms with Crippen LogP contribution in [0.4, 0.5) is 0 Å². The lowest BCUT2D eigenvalue weighted by Crippen LogP contribution is -1.94. The summed E-state index contributed by atoms with van der Waals surface area (Å²) in [6.07, 6.45) is 0. The molecule has 2 rings (SSSR count). The molecule has 0 aliphatic heterocycles. The summed E-state index contributed by atoms with van der Waals surface area (Å²) in [6.45, 7) is 1.22. The SMILES string of the molecule is COc1ccc(COCc2ccccc2)cc1Br. The van der Waals surface area contributed by atoms with Gasteiger partial charge < -0.3 is 9.47 Å². The Morgan fingerprint density at radius 2 is 1.67 bits per heavy atom. The number of halogens is 1. The van der Waals surface area contributed by atoms with E-state index in [1.54, 1.807) is 7.11 Å². The Labute approximate surface area is 116 Å². The Bertz CT molecular complexity index is 497. The lowest BCUT2D eigenvalue weighted by atomic mass is 10.2. The predicted molar refractivity (Wildman–Crippen MR) is 75.6 cm³/mol. The molecule has 0 aliphatic rings. The van der Waals surface area contributed by atoms with Gasteiger partial charge in [-0.05, 0) is 39.2 Å². The van der Waals surface area contributed by atoms with Gasteiger partial charge in [-0.25, -0.2) is 0 Å². The van der Waals surface area contributed by atoms with Gasteiger partial charge in [-0.1, -0.05) is 36.4 Å². The number of hydrogen-bond acceptors (Lipinski definition) is 2. The maximum atomic E-state index is 5.67. The largest absolute Gasteiger partial charge is 0.496 e. The van der Waals surface area contributed by atoms with Crippen LogP contribution in [-0.2, 0) is 18.0 Å². The Kier molecular flexibility index (Phi) is 4.79. The Morgan fingerprint density at radius 3 is 2.33 bits per heavy atom. The summed E-state index contributed by atoms with van der Waals surface area (Å²) in [6, 6.07) is 16.1. The van der Waals surface area contributed by atoms with Crippen LogP contribution >= 0.6 is 15.9 Å². The summed E-state index contributed by atoms with van der Waals surface area (Å²) in [5, 5.41) is 0. The van der Waals surface area contributed by atoms with Crippen LogP contribution in [0.1, 0.15) is 11.1 Å². The molecular formula is C15H15BrO2. The number of benzene rings is 2. The quantitative estimate of drug-likeness (QED) is 0.825. The first-order valence-corrected chi connectivity index (χ1v) is 6.53. The van der Waals surface area contributed by atoms with E-state index < -0.39 is 0 Å². The molecule has 0 N–H and O–H groups in total. The second-order valence-electron chi connectivity index (χ2n) is 3.95. The van der Waals surface area contributed by atoms with Crippen molar-refractivity contribution in [2.45, 2.75) is 13.2 Å². The van der Waals surface area contributed by atoms with E-state index in [4.69, 9.17) is 9.47 Å². The van der Waals surface area contributed by atoms with Crippen LogP contribution < -0.4 is 4.74 Å². The second kappa shape index (κ2) is 6.57. The summed E-state index contributed by atoms with van der Waals surface area (Å²) < 4.78 is 11.8. The van der Waals surface area contributed by atoms with Crippen molar-refractivity contribution in [2.75, 3.05) is 7.11 Å². The van der Waals surface area contributed by atoms with Crippen molar-refractivity contribution in [1.82, 2.24) is 0 Å². The average molecular weight is 307 g/mol. The van der Waals surface area contributed by atoms with Gasteiger partial charge in [0.2, 0.25) is 0 Å².